The number of allylic oxidation sites excluding steroid dienone is 4. The van der Waals surface area contributed by atoms with Crippen molar-refractivity contribution in [3.8, 4) is 0 Å². The molecule has 0 fully saturated rings. The van der Waals surface area contributed by atoms with Crippen LogP contribution in [0.4, 0.5) is 0 Å². The lowest BCUT2D eigenvalue weighted by molar-refractivity contribution is -0.137. The molecule has 3 nitrogen and oxygen atoms in total. The van der Waals surface area contributed by atoms with Gasteiger partial charge in [-0.3, -0.25) is 4.79 Å². The third kappa shape index (κ3) is 29.0. The van der Waals surface area contributed by atoms with Crippen molar-refractivity contribution in [3.63, 3.8) is 0 Å². The molecule has 0 aromatic rings. The van der Waals surface area contributed by atoms with E-state index in [2.05, 4.69) is 50.2 Å². The number of hydrogen-bond acceptors (Lipinski definition) is 2. The number of carbonyl (C=O) groups is 1. The minimum Gasteiger partial charge on any atom is -0.481 e. The summed E-state index contributed by atoms with van der Waals surface area (Å²) < 4.78 is 0. The van der Waals surface area contributed by atoms with Crippen LogP contribution in [0.25, 0.3) is 0 Å². The van der Waals surface area contributed by atoms with E-state index in [0.29, 0.717) is 6.42 Å². The van der Waals surface area contributed by atoms with Gasteiger partial charge in [0.2, 0.25) is 0 Å². The first-order chi connectivity index (χ1) is 17.1. The summed E-state index contributed by atoms with van der Waals surface area (Å²) in [5, 5.41) is 8.73. The molecule has 1 unspecified atom stereocenters. The molecule has 0 spiro atoms. The lowest BCUT2D eigenvalue weighted by Gasteiger charge is -2.19. The summed E-state index contributed by atoms with van der Waals surface area (Å²) in [6.45, 7) is 3.46. The van der Waals surface area contributed by atoms with E-state index in [-0.39, 0.29) is 0 Å². The molecule has 0 radical (unpaired) electrons. The van der Waals surface area contributed by atoms with Crippen LogP contribution >= 0.6 is 0 Å². The maximum Gasteiger partial charge on any atom is 0.303 e. The van der Waals surface area contributed by atoms with Crippen LogP contribution in [0.2, 0.25) is 0 Å². The average Bonchev–Trinajstić information content (AvgIpc) is 2.82. The number of carboxylic acid groups (broad SMARTS) is 1. The van der Waals surface area contributed by atoms with Crippen molar-refractivity contribution in [3.05, 3.63) is 24.3 Å². The molecule has 1 atom stereocenters. The van der Waals surface area contributed by atoms with Crippen molar-refractivity contribution in [2.75, 3.05) is 20.6 Å². The van der Waals surface area contributed by atoms with Crippen LogP contribution in [0, 0.1) is 5.92 Å². The molecule has 0 aromatic carbocycles. The SMILES string of the molecule is CCCCC/C=C\C/C=C\CCCCCCCCCC(CCCCCCCC(=O)O)CCN(C)C. The van der Waals surface area contributed by atoms with Gasteiger partial charge in [-0.25, -0.2) is 0 Å². The molecule has 0 aromatic heterocycles. The van der Waals surface area contributed by atoms with Gasteiger partial charge in [-0.05, 0) is 71.5 Å². The molecule has 206 valence electrons. The van der Waals surface area contributed by atoms with E-state index in [1.54, 1.807) is 0 Å². The van der Waals surface area contributed by atoms with Gasteiger partial charge in [0.1, 0.15) is 0 Å². The molecular formula is C32H61NO2. The summed E-state index contributed by atoms with van der Waals surface area (Å²) in [5.74, 6) is 0.215. The molecule has 1 N–H and O–H groups in total. The molecular weight excluding hydrogens is 430 g/mol. The Kier molecular flexibility index (Phi) is 26.6. The second-order valence-electron chi connectivity index (χ2n) is 10.9. The molecule has 0 aliphatic rings. The Hall–Kier alpha value is -1.09. The van der Waals surface area contributed by atoms with Gasteiger partial charge in [0, 0.05) is 6.42 Å². The first-order valence-corrected chi connectivity index (χ1v) is 15.2. The second-order valence-corrected chi connectivity index (χ2v) is 10.9. The van der Waals surface area contributed by atoms with E-state index in [4.69, 9.17) is 5.11 Å². The highest BCUT2D eigenvalue weighted by molar-refractivity contribution is 5.66. The second kappa shape index (κ2) is 27.5. The average molecular weight is 492 g/mol. The third-order valence-electron chi connectivity index (χ3n) is 7.05. The van der Waals surface area contributed by atoms with Crippen molar-refractivity contribution in [2.24, 2.45) is 5.92 Å². The van der Waals surface area contributed by atoms with E-state index in [9.17, 15) is 4.79 Å². The molecule has 0 saturated heterocycles. The summed E-state index contributed by atoms with van der Waals surface area (Å²) in [4.78, 5) is 12.9. The predicted octanol–water partition coefficient (Wildman–Crippen LogP) is 9.96. The number of carboxylic acids is 1. The maximum absolute atomic E-state index is 10.6. The fourth-order valence-corrected chi connectivity index (χ4v) is 4.71. The maximum atomic E-state index is 10.6. The minimum atomic E-state index is -0.655. The highest BCUT2D eigenvalue weighted by Gasteiger charge is 2.09. The van der Waals surface area contributed by atoms with E-state index in [0.717, 1.165) is 25.2 Å². The topological polar surface area (TPSA) is 40.5 Å². The minimum absolute atomic E-state index is 0.333. The van der Waals surface area contributed by atoms with Gasteiger partial charge in [-0.15, -0.1) is 0 Å². The summed E-state index contributed by atoms with van der Waals surface area (Å²) in [5.41, 5.74) is 0. The summed E-state index contributed by atoms with van der Waals surface area (Å²) >= 11 is 0. The number of unbranched alkanes of at least 4 members (excludes halogenated alkanes) is 14. The normalized spacial score (nSPS) is 12.9. The van der Waals surface area contributed by atoms with Gasteiger partial charge in [0.05, 0.1) is 0 Å². The fourth-order valence-electron chi connectivity index (χ4n) is 4.71. The van der Waals surface area contributed by atoms with Crippen molar-refractivity contribution in [1.82, 2.24) is 4.90 Å². The quantitative estimate of drug-likeness (QED) is 0.0917. The van der Waals surface area contributed by atoms with Gasteiger partial charge in [-0.1, -0.05) is 121 Å². The lowest BCUT2D eigenvalue weighted by Crippen LogP contribution is -2.17. The largest absolute Gasteiger partial charge is 0.481 e. The van der Waals surface area contributed by atoms with E-state index < -0.39 is 5.97 Å². The molecule has 35 heavy (non-hydrogen) atoms. The van der Waals surface area contributed by atoms with Crippen molar-refractivity contribution < 1.29 is 9.90 Å². The van der Waals surface area contributed by atoms with Crippen LogP contribution < -0.4 is 0 Å². The highest BCUT2D eigenvalue weighted by Crippen LogP contribution is 2.22. The lowest BCUT2D eigenvalue weighted by atomic mass is 9.91. The van der Waals surface area contributed by atoms with E-state index >= 15 is 0 Å². The van der Waals surface area contributed by atoms with Crippen LogP contribution in [0.15, 0.2) is 24.3 Å². The molecule has 3 heteroatoms. The van der Waals surface area contributed by atoms with Crippen molar-refractivity contribution in [2.45, 2.75) is 148 Å². The predicted molar refractivity (Wildman–Crippen MR) is 155 cm³/mol. The number of nitrogens with zero attached hydrogens (tertiary/aromatic N) is 1. The molecule has 0 saturated carbocycles. The zero-order valence-corrected chi connectivity index (χ0v) is 24.0. The van der Waals surface area contributed by atoms with Crippen LogP contribution in [-0.4, -0.2) is 36.6 Å². The Morgan fingerprint density at radius 3 is 1.66 bits per heavy atom. The molecule has 0 heterocycles. The zero-order valence-electron chi connectivity index (χ0n) is 24.0. The Morgan fingerprint density at radius 2 is 1.14 bits per heavy atom. The molecule has 0 aliphatic heterocycles. The van der Waals surface area contributed by atoms with E-state index in [1.165, 1.54) is 122 Å². The van der Waals surface area contributed by atoms with Gasteiger partial charge < -0.3 is 10.0 Å². The van der Waals surface area contributed by atoms with Gasteiger partial charge in [0.15, 0.2) is 0 Å². The van der Waals surface area contributed by atoms with Gasteiger partial charge >= 0.3 is 5.97 Å². The summed E-state index contributed by atoms with van der Waals surface area (Å²) in [6, 6.07) is 0. The Labute approximate surface area is 219 Å². The number of hydrogen-bond donors (Lipinski definition) is 1. The van der Waals surface area contributed by atoms with Gasteiger partial charge in [-0.2, -0.15) is 0 Å². The fraction of sp³-hybridized carbons (Fsp3) is 0.844. The molecule has 0 rings (SSSR count). The van der Waals surface area contributed by atoms with Crippen LogP contribution in [0.3, 0.4) is 0 Å². The smallest absolute Gasteiger partial charge is 0.303 e. The van der Waals surface area contributed by atoms with Crippen LogP contribution in [0.1, 0.15) is 148 Å². The third-order valence-corrected chi connectivity index (χ3v) is 7.05. The van der Waals surface area contributed by atoms with Gasteiger partial charge in [0.25, 0.3) is 0 Å². The Morgan fingerprint density at radius 1 is 0.657 bits per heavy atom. The summed E-state index contributed by atoms with van der Waals surface area (Å²) in [7, 11) is 4.36. The Bertz CT molecular complexity index is 498. The monoisotopic (exact) mass is 491 g/mol. The van der Waals surface area contributed by atoms with Crippen LogP contribution in [0.5, 0.6) is 0 Å². The standard InChI is InChI=1S/C32H61NO2/c1-4-5-6-7-8-9-10-11-12-13-14-15-16-17-18-20-23-26-31(29-30-33(2)3)27-24-21-19-22-25-28-32(34)35/h8-9,11-12,31H,4-7,10,13-30H2,1-3H3,(H,34,35)/b9-8-,12-11-. The van der Waals surface area contributed by atoms with Crippen molar-refractivity contribution >= 4 is 5.97 Å². The molecule has 0 aliphatic carbocycles. The molecule has 0 amide bonds. The number of rotatable bonds is 27. The molecule has 0 bridgehead atoms. The van der Waals surface area contributed by atoms with Crippen LogP contribution in [-0.2, 0) is 4.79 Å². The highest BCUT2D eigenvalue weighted by atomic mass is 16.4. The zero-order chi connectivity index (χ0) is 25.8. The first kappa shape index (κ1) is 33.9. The summed E-state index contributed by atoms with van der Waals surface area (Å²) in [6.07, 6.45) is 36.8. The Balaban J connectivity index is 3.65. The van der Waals surface area contributed by atoms with Crippen molar-refractivity contribution in [1.29, 1.82) is 0 Å². The van der Waals surface area contributed by atoms with E-state index in [1.807, 2.05) is 0 Å². The number of aliphatic carboxylic acids is 1. The first-order valence-electron chi connectivity index (χ1n) is 15.2.